The molecule has 0 spiro atoms. The minimum atomic E-state index is -1.95. The van der Waals surface area contributed by atoms with Crippen molar-refractivity contribution in [2.75, 3.05) is 0 Å². The van der Waals surface area contributed by atoms with Gasteiger partial charge in [0.05, 0.1) is 0 Å². The van der Waals surface area contributed by atoms with Gasteiger partial charge in [-0.2, -0.15) is 0 Å². The van der Waals surface area contributed by atoms with Gasteiger partial charge in [0, 0.05) is 33.4 Å². The minimum absolute atomic E-state index is 0.571. The SMILES string of the molecule is CCCCc1c2cccc(C#Cc3cccc4cc5cccc(C#Cc6cccc7c(CCCC)c8cccc(C#C[Si](C(C)C)(C(C)C)C(C)C)c8cc67)c5cc34)c2cc2c(C#C[Si](C(C)C)(C(C)C)C(C)C)cccc12. The molecule has 9 rings (SSSR count). The molecule has 0 radical (unpaired) electrons. The van der Waals surface area contributed by atoms with Crippen molar-refractivity contribution in [2.45, 2.75) is 169 Å². The van der Waals surface area contributed by atoms with Crippen LogP contribution in [0.3, 0.4) is 0 Å². The standard InChI is InChI=1S/C76H82Si2/c1-15-17-33-65-67-35-21-27-59(73(67)49-75-61(29-23-37-69(65)75)43-45-77(51(3)4,52(5)6)53(7)8)41-39-57-25-19-31-63-47-64-32-20-26-58(72(64)48-71(57)63)40-42-60-28-22-36-68-66(34-18-16-2)70-38-24-30-62(76(70)50-74(60)68)44-46-78(54(9)10,55(11)12)56(13)14/h19-32,35-38,47-56H,15-18,33-34H2,1-14H3. The van der Waals surface area contributed by atoms with Gasteiger partial charge in [-0.05, 0) is 195 Å². The third kappa shape index (κ3) is 10.5. The summed E-state index contributed by atoms with van der Waals surface area (Å²) in [6.07, 6.45) is 6.59. The topological polar surface area (TPSA) is 0 Å². The van der Waals surface area contributed by atoms with Crippen molar-refractivity contribution >= 4 is 80.8 Å². The van der Waals surface area contributed by atoms with E-state index in [-0.39, 0.29) is 0 Å². The first kappa shape index (κ1) is 56.0. The number of fused-ring (bicyclic) bond motifs is 6. The van der Waals surface area contributed by atoms with E-state index in [1.54, 1.807) is 0 Å². The maximum Gasteiger partial charge on any atom is 0.146 e. The summed E-state index contributed by atoms with van der Waals surface area (Å²) in [5.74, 6) is 22.6. The summed E-state index contributed by atoms with van der Waals surface area (Å²) in [5.41, 5.74) is 20.7. The molecule has 78 heavy (non-hydrogen) atoms. The van der Waals surface area contributed by atoms with Crippen molar-refractivity contribution in [3.63, 3.8) is 0 Å². The van der Waals surface area contributed by atoms with E-state index < -0.39 is 16.1 Å². The van der Waals surface area contributed by atoms with Gasteiger partial charge in [0.25, 0.3) is 0 Å². The molecular formula is C76H82Si2. The first-order valence-electron chi connectivity index (χ1n) is 29.6. The van der Waals surface area contributed by atoms with Gasteiger partial charge in [-0.1, -0.05) is 218 Å². The fourth-order valence-electron chi connectivity index (χ4n) is 14.0. The highest BCUT2D eigenvalue weighted by Gasteiger charge is 2.43. The third-order valence-electron chi connectivity index (χ3n) is 18.0. The molecule has 0 aromatic heterocycles. The van der Waals surface area contributed by atoms with Crippen molar-refractivity contribution in [3.05, 3.63) is 178 Å². The van der Waals surface area contributed by atoms with E-state index in [0.29, 0.717) is 33.2 Å². The highest BCUT2D eigenvalue weighted by Crippen LogP contribution is 2.43. The average molecular weight is 1050 g/mol. The van der Waals surface area contributed by atoms with Crippen LogP contribution in [-0.2, 0) is 12.8 Å². The van der Waals surface area contributed by atoms with Gasteiger partial charge in [-0.25, -0.2) is 0 Å². The van der Waals surface area contributed by atoms with Gasteiger partial charge in [-0.3, -0.25) is 0 Å². The minimum Gasteiger partial charge on any atom is -0.125 e. The largest absolute Gasteiger partial charge is 0.146 e. The predicted octanol–water partition coefficient (Wildman–Crippen LogP) is 21.2. The first-order chi connectivity index (χ1) is 37.5. The monoisotopic (exact) mass is 1050 g/mol. The molecular weight excluding hydrogens is 969 g/mol. The Kier molecular flexibility index (Phi) is 17.0. The molecule has 0 amide bonds. The van der Waals surface area contributed by atoms with Crippen LogP contribution in [0.25, 0.3) is 64.6 Å². The maximum absolute atomic E-state index is 4.05. The zero-order valence-corrected chi connectivity index (χ0v) is 51.4. The molecule has 0 aliphatic heterocycles. The fourth-order valence-corrected chi connectivity index (χ4v) is 24.4. The van der Waals surface area contributed by atoms with E-state index in [1.165, 1.54) is 65.0 Å². The molecule has 0 bridgehead atoms. The summed E-state index contributed by atoms with van der Waals surface area (Å²) in [6, 6.07) is 49.5. The number of aryl methyl sites for hydroxylation is 2. The second kappa shape index (κ2) is 23.7. The second-order valence-electron chi connectivity index (χ2n) is 24.2. The summed E-state index contributed by atoms with van der Waals surface area (Å²) >= 11 is 0. The fraction of sp³-hybridized carbons (Fsp3) is 0.342. The van der Waals surface area contributed by atoms with Crippen molar-refractivity contribution in [3.8, 4) is 46.6 Å². The third-order valence-corrected chi connectivity index (χ3v) is 30.5. The lowest BCUT2D eigenvalue weighted by Crippen LogP contribution is -2.43. The number of hydrogen-bond acceptors (Lipinski definition) is 0. The van der Waals surface area contributed by atoms with Gasteiger partial charge in [0.1, 0.15) is 16.1 Å². The molecule has 0 unspecified atom stereocenters. The van der Waals surface area contributed by atoms with E-state index in [9.17, 15) is 0 Å². The van der Waals surface area contributed by atoms with Gasteiger partial charge in [-0.15, -0.1) is 11.1 Å². The molecule has 394 valence electrons. The van der Waals surface area contributed by atoms with Gasteiger partial charge >= 0.3 is 0 Å². The van der Waals surface area contributed by atoms with Crippen LogP contribution in [0.15, 0.2) is 133 Å². The van der Waals surface area contributed by atoms with Crippen molar-refractivity contribution < 1.29 is 0 Å². The number of hydrogen-bond donors (Lipinski definition) is 0. The summed E-state index contributed by atoms with van der Waals surface area (Å²) in [7, 11) is -3.89. The molecule has 9 aromatic carbocycles. The quantitative estimate of drug-likeness (QED) is 0.0650. The molecule has 0 fully saturated rings. The van der Waals surface area contributed by atoms with Gasteiger partial charge in [0.15, 0.2) is 0 Å². The molecule has 0 saturated heterocycles. The van der Waals surface area contributed by atoms with Crippen LogP contribution in [0.4, 0.5) is 0 Å². The normalized spacial score (nSPS) is 12.1. The lowest BCUT2D eigenvalue weighted by atomic mass is 9.90. The predicted molar refractivity (Wildman–Crippen MR) is 349 cm³/mol. The van der Waals surface area contributed by atoms with E-state index in [4.69, 9.17) is 0 Å². The summed E-state index contributed by atoms with van der Waals surface area (Å²) in [4.78, 5) is 0. The van der Waals surface area contributed by atoms with Crippen LogP contribution in [-0.4, -0.2) is 16.1 Å². The Morgan fingerprint density at radius 1 is 0.295 bits per heavy atom. The molecule has 2 heteroatoms. The zero-order chi connectivity index (χ0) is 55.5. The van der Waals surface area contributed by atoms with E-state index in [1.807, 2.05) is 0 Å². The Balaban J connectivity index is 1.17. The lowest BCUT2D eigenvalue weighted by molar-refractivity contribution is 0.802. The molecule has 0 atom stereocenters. The molecule has 9 aromatic rings. The highest BCUT2D eigenvalue weighted by molar-refractivity contribution is 6.91. The van der Waals surface area contributed by atoms with Crippen molar-refractivity contribution in [1.29, 1.82) is 0 Å². The van der Waals surface area contributed by atoms with Gasteiger partial charge < -0.3 is 0 Å². The van der Waals surface area contributed by atoms with Crippen LogP contribution < -0.4 is 0 Å². The first-order valence-corrected chi connectivity index (χ1v) is 34.0. The molecule has 0 heterocycles. The number of unbranched alkanes of at least 4 members (excludes halogenated alkanes) is 2. The van der Waals surface area contributed by atoms with Crippen molar-refractivity contribution in [1.82, 2.24) is 0 Å². The highest BCUT2D eigenvalue weighted by atomic mass is 28.3. The Labute approximate surface area is 471 Å². The number of benzene rings is 9. The van der Waals surface area contributed by atoms with E-state index >= 15 is 0 Å². The summed E-state index contributed by atoms with van der Waals surface area (Å²) in [5, 5.41) is 14.7. The van der Waals surface area contributed by atoms with Crippen LogP contribution in [0.2, 0.25) is 33.2 Å². The molecule has 0 nitrogen and oxygen atoms in total. The number of rotatable bonds is 12. The van der Waals surface area contributed by atoms with Crippen LogP contribution in [0.1, 0.15) is 167 Å². The van der Waals surface area contributed by atoms with Crippen LogP contribution >= 0.6 is 0 Å². The molecule has 0 saturated carbocycles. The second-order valence-corrected chi connectivity index (χ2v) is 35.4. The summed E-state index contributed by atoms with van der Waals surface area (Å²) in [6.45, 7) is 33.4. The molecule has 0 aliphatic carbocycles. The Bertz CT molecular complexity index is 3700. The maximum atomic E-state index is 4.05. The summed E-state index contributed by atoms with van der Waals surface area (Å²) < 4.78 is 0. The van der Waals surface area contributed by atoms with Crippen molar-refractivity contribution in [2.24, 2.45) is 0 Å². The van der Waals surface area contributed by atoms with E-state index in [0.717, 1.165) is 82.7 Å². The van der Waals surface area contributed by atoms with Gasteiger partial charge in [0.2, 0.25) is 0 Å². The zero-order valence-electron chi connectivity index (χ0n) is 49.4. The average Bonchev–Trinajstić information content (AvgIpc) is 3.58. The Morgan fingerprint density at radius 3 is 0.833 bits per heavy atom. The smallest absolute Gasteiger partial charge is 0.125 e. The Morgan fingerprint density at radius 2 is 0.551 bits per heavy atom. The molecule has 0 N–H and O–H groups in total. The van der Waals surface area contributed by atoms with Crippen LogP contribution in [0.5, 0.6) is 0 Å². The molecule has 0 aliphatic rings. The van der Waals surface area contributed by atoms with E-state index in [2.05, 4.69) is 277 Å². The Hall–Kier alpha value is -6.79. The lowest BCUT2D eigenvalue weighted by Gasteiger charge is -2.38. The van der Waals surface area contributed by atoms with Crippen LogP contribution in [0, 0.1) is 46.6 Å².